The minimum absolute atomic E-state index is 0.0213. The van der Waals surface area contributed by atoms with E-state index in [9.17, 15) is 20.2 Å². The number of rotatable bonds is 4. The molecule has 0 saturated carbocycles. The average molecular weight is 676 g/mol. The molecule has 1 spiro atoms. The second-order valence-electron chi connectivity index (χ2n) is 8.75. The number of nitrogens with zero attached hydrogens (tertiary/aromatic N) is 8. The minimum atomic E-state index is -4.21. The van der Waals surface area contributed by atoms with Gasteiger partial charge in [-0.25, -0.2) is 0 Å². The molecule has 21 heteroatoms. The van der Waals surface area contributed by atoms with E-state index in [0.29, 0.717) is 18.2 Å². The van der Waals surface area contributed by atoms with Gasteiger partial charge in [0.1, 0.15) is 0 Å². The first-order chi connectivity index (χ1) is 20.6. The maximum atomic E-state index is 11.6. The SMILES string of the molecule is CCN1C(=S)NC2N=Nc3cc([N+](=O)[O-])ccc3[O][Co]3([O]c4ccc([N+](=O)[O-])cc4N=Nc4[nH]c(=S)n(CC)c4[O]3)[O]C21. The normalized spacial score (nSPS) is 23.5. The predicted molar refractivity (Wildman–Crippen MR) is 149 cm³/mol. The Balaban J connectivity index is 1.61. The summed E-state index contributed by atoms with van der Waals surface area (Å²) >= 11 is 6.74. The van der Waals surface area contributed by atoms with Gasteiger partial charge in [0.15, 0.2) is 0 Å². The summed E-state index contributed by atoms with van der Waals surface area (Å²) in [5, 5.41) is 43.3. The fourth-order valence-electron chi connectivity index (χ4n) is 4.11. The molecule has 0 aliphatic carbocycles. The molecule has 43 heavy (non-hydrogen) atoms. The summed E-state index contributed by atoms with van der Waals surface area (Å²) in [7, 11) is 0. The number of imidazole rings is 1. The van der Waals surface area contributed by atoms with Crippen molar-refractivity contribution in [2.45, 2.75) is 32.8 Å². The van der Waals surface area contributed by atoms with Gasteiger partial charge < -0.3 is 0 Å². The van der Waals surface area contributed by atoms with Gasteiger partial charge in [-0.1, -0.05) is 0 Å². The number of azo groups is 2. The van der Waals surface area contributed by atoms with Gasteiger partial charge in [-0.15, -0.1) is 0 Å². The summed E-state index contributed by atoms with van der Waals surface area (Å²) in [6.07, 6.45) is -1.92. The number of likely N-dealkylation sites (N-methyl/N-ethyl adjacent to an activating group) is 1. The van der Waals surface area contributed by atoms with E-state index in [1.807, 2.05) is 13.8 Å². The van der Waals surface area contributed by atoms with E-state index in [-0.39, 0.29) is 50.7 Å². The van der Waals surface area contributed by atoms with Crippen LogP contribution in [0, 0.1) is 25.0 Å². The van der Waals surface area contributed by atoms with Crippen LogP contribution in [0.15, 0.2) is 56.9 Å². The summed E-state index contributed by atoms with van der Waals surface area (Å²) in [4.78, 5) is 26.5. The topological polar surface area (TPSA) is 209 Å². The second kappa shape index (κ2) is 10.9. The molecule has 1 aromatic heterocycles. The first kappa shape index (κ1) is 28.5. The van der Waals surface area contributed by atoms with Crippen LogP contribution >= 0.6 is 24.4 Å². The molecule has 1 saturated heterocycles. The van der Waals surface area contributed by atoms with Crippen molar-refractivity contribution in [1.29, 1.82) is 0 Å². The number of H-pyrrole nitrogens is 1. The van der Waals surface area contributed by atoms with Crippen molar-refractivity contribution in [3.05, 3.63) is 61.4 Å². The molecule has 2 aromatic carbocycles. The molecule has 0 amide bonds. The van der Waals surface area contributed by atoms with Gasteiger partial charge in [0.05, 0.1) is 0 Å². The maximum absolute atomic E-state index is 11.6. The van der Waals surface area contributed by atoms with E-state index < -0.39 is 36.2 Å². The Morgan fingerprint density at radius 3 is 2.14 bits per heavy atom. The molecule has 3 unspecified atom stereocenters. The predicted octanol–water partition coefficient (Wildman–Crippen LogP) is 5.44. The Kier molecular flexibility index (Phi) is 7.25. The number of fused-ring (bicyclic) bond motifs is 4. The number of aromatic nitrogens is 2. The van der Waals surface area contributed by atoms with Crippen molar-refractivity contribution in [1.82, 2.24) is 19.8 Å². The number of hydrogen-bond donors (Lipinski definition) is 2. The molecule has 3 aliphatic heterocycles. The zero-order valence-electron chi connectivity index (χ0n) is 22.0. The van der Waals surface area contributed by atoms with E-state index in [1.54, 1.807) is 9.47 Å². The van der Waals surface area contributed by atoms with E-state index in [0.717, 1.165) is 6.07 Å². The third-order valence-corrected chi connectivity index (χ3v) is 8.84. The number of non-ortho nitro benzene ring substituents is 2. The molecule has 0 radical (unpaired) electrons. The third-order valence-electron chi connectivity index (χ3n) is 6.18. The molecule has 6 rings (SSSR count). The van der Waals surface area contributed by atoms with Crippen LogP contribution in [0.2, 0.25) is 0 Å². The van der Waals surface area contributed by atoms with Crippen molar-refractivity contribution in [2.75, 3.05) is 6.54 Å². The van der Waals surface area contributed by atoms with Crippen LogP contribution in [0.3, 0.4) is 0 Å². The molecule has 3 atom stereocenters. The zero-order chi connectivity index (χ0) is 30.5. The first-order valence-corrected chi connectivity index (χ1v) is 14.9. The summed E-state index contributed by atoms with van der Waals surface area (Å²) in [6, 6.07) is 7.37. The Morgan fingerprint density at radius 2 is 1.56 bits per heavy atom. The summed E-state index contributed by atoms with van der Waals surface area (Å²) < 4.78 is 27.6. The van der Waals surface area contributed by atoms with Gasteiger partial charge >= 0.3 is 256 Å². The third kappa shape index (κ3) is 5.16. The monoisotopic (exact) mass is 675 g/mol. The van der Waals surface area contributed by atoms with Crippen LogP contribution in [0.25, 0.3) is 0 Å². The first-order valence-electron chi connectivity index (χ1n) is 12.4. The van der Waals surface area contributed by atoms with Crippen LogP contribution in [-0.2, 0) is 24.3 Å². The summed E-state index contributed by atoms with van der Waals surface area (Å²) in [6.45, 7) is 4.34. The Hall–Kier alpha value is -4.57. The number of nitrogens with one attached hydrogen (secondary N) is 2. The van der Waals surface area contributed by atoms with E-state index in [4.69, 9.17) is 39.8 Å². The Bertz CT molecular complexity index is 1800. The number of benzene rings is 2. The van der Waals surface area contributed by atoms with Crippen LogP contribution in [0.4, 0.5) is 28.6 Å². The fraction of sp³-hybridized carbons (Fsp3) is 0.273. The molecule has 3 aromatic rings. The van der Waals surface area contributed by atoms with E-state index >= 15 is 0 Å². The van der Waals surface area contributed by atoms with Crippen LogP contribution in [-0.4, -0.2) is 48.3 Å². The van der Waals surface area contributed by atoms with E-state index in [1.165, 1.54) is 30.3 Å². The van der Waals surface area contributed by atoms with Gasteiger partial charge in [-0.05, 0) is 0 Å². The molecule has 2 N–H and O–H groups in total. The van der Waals surface area contributed by atoms with Crippen molar-refractivity contribution in [2.24, 2.45) is 20.5 Å². The number of hydrogen-bond acceptors (Lipinski definition) is 14. The molecule has 4 heterocycles. The zero-order valence-corrected chi connectivity index (χ0v) is 24.7. The number of thiocarbonyl (C=S) groups is 1. The summed E-state index contributed by atoms with van der Waals surface area (Å²) in [5.74, 6) is 0.0416. The van der Waals surface area contributed by atoms with Gasteiger partial charge in [-0.2, -0.15) is 0 Å². The van der Waals surface area contributed by atoms with Crippen LogP contribution in [0.1, 0.15) is 13.8 Å². The van der Waals surface area contributed by atoms with Crippen molar-refractivity contribution >= 4 is 58.1 Å². The molecule has 1 fully saturated rings. The van der Waals surface area contributed by atoms with Crippen LogP contribution < -0.4 is 16.9 Å². The van der Waals surface area contributed by atoms with Gasteiger partial charge in [0, 0.05) is 0 Å². The quantitative estimate of drug-likeness (QED) is 0.201. The summed E-state index contributed by atoms with van der Waals surface area (Å²) in [5.41, 5.74) is -0.606. The van der Waals surface area contributed by atoms with Crippen molar-refractivity contribution in [3.63, 3.8) is 0 Å². The van der Waals surface area contributed by atoms with Gasteiger partial charge in [-0.3, -0.25) is 0 Å². The van der Waals surface area contributed by atoms with Gasteiger partial charge in [0.25, 0.3) is 0 Å². The molecule has 3 aliphatic rings. The molecule has 18 nitrogen and oxygen atoms in total. The molecular formula is C22H20CoN10O8S2. The van der Waals surface area contributed by atoms with Crippen molar-refractivity contribution in [3.8, 4) is 17.4 Å². The fourth-order valence-corrected chi connectivity index (χ4v) is 7.01. The standard InChI is InChI=1S/C11H12N5O4S.C11H11N5O4S.Co/c2*1-2-15-10(18)9(12-11(15)21)14-13-7-5-6(16(19)20)3-4-8(7)17;/h3-5,9-10,17H,2H2,1H3,(H,12,21);3-5,17-18H,2H2,1H3,(H,12,21);/q-1;;+4/p-3. The molecule has 0 bridgehead atoms. The van der Waals surface area contributed by atoms with Gasteiger partial charge in [0.2, 0.25) is 0 Å². The second-order valence-corrected chi connectivity index (χ2v) is 11.4. The Labute approximate surface area is 255 Å². The number of nitro benzene ring substituents is 2. The number of aromatic amines is 1. The Morgan fingerprint density at radius 1 is 0.930 bits per heavy atom. The molecule has 227 valence electrons. The van der Waals surface area contributed by atoms with Crippen LogP contribution in [0.5, 0.6) is 17.4 Å². The van der Waals surface area contributed by atoms with E-state index in [2.05, 4.69) is 30.8 Å². The van der Waals surface area contributed by atoms with Crippen molar-refractivity contribution < 1.29 is 39.2 Å². The number of nitro groups is 2. The average Bonchev–Trinajstić information content (AvgIpc) is 3.46. The molecular weight excluding hydrogens is 655 g/mol.